The number of carbonyl (C=O) groups is 2. The summed E-state index contributed by atoms with van der Waals surface area (Å²) in [7, 11) is -3.36. The first-order valence-corrected chi connectivity index (χ1v) is 11.8. The van der Waals surface area contributed by atoms with Crippen molar-refractivity contribution in [3.05, 3.63) is 47.9 Å². The van der Waals surface area contributed by atoms with Crippen LogP contribution in [0.4, 0.5) is 11.5 Å². The molecule has 2 aromatic rings. The van der Waals surface area contributed by atoms with E-state index in [1.54, 1.807) is 0 Å². The fourth-order valence-electron chi connectivity index (χ4n) is 4.54. The van der Waals surface area contributed by atoms with Gasteiger partial charge in [0.1, 0.15) is 5.69 Å². The zero-order valence-corrected chi connectivity index (χ0v) is 17.8. The second-order valence-corrected chi connectivity index (χ2v) is 10.1. The predicted octanol–water partition coefficient (Wildman–Crippen LogP) is 2.53. The van der Waals surface area contributed by atoms with Crippen LogP contribution in [0.5, 0.6) is 0 Å². The summed E-state index contributed by atoms with van der Waals surface area (Å²) in [5, 5.41) is 2.78. The highest BCUT2D eigenvalue weighted by Gasteiger charge is 2.47. The first kappa shape index (κ1) is 20.5. The molecule has 0 bridgehead atoms. The van der Waals surface area contributed by atoms with Gasteiger partial charge in [-0.1, -0.05) is 18.2 Å². The Kier molecular flexibility index (Phi) is 5.09. The third kappa shape index (κ3) is 3.69. The number of Topliss-reactive ketones (excluding diaryl/α,β-unsaturated/α-hetero) is 1. The average molecular weight is 429 g/mol. The zero-order valence-electron chi connectivity index (χ0n) is 17.0. The van der Waals surface area contributed by atoms with Crippen LogP contribution < -0.4 is 9.62 Å². The number of carbonyl (C=O) groups excluding carboxylic acids is 2. The highest BCUT2D eigenvalue weighted by molar-refractivity contribution is 7.92. The predicted molar refractivity (Wildman–Crippen MR) is 113 cm³/mol. The first-order valence-electron chi connectivity index (χ1n) is 9.91. The molecule has 1 aromatic carbocycles. The molecule has 1 fully saturated rings. The van der Waals surface area contributed by atoms with Crippen LogP contribution in [0.15, 0.2) is 36.7 Å². The molecule has 1 N–H and O–H groups in total. The lowest BCUT2D eigenvalue weighted by molar-refractivity contribution is -0.121. The summed E-state index contributed by atoms with van der Waals surface area (Å²) in [5.41, 5.74) is 1.81. The Bertz CT molecular complexity index is 1090. The summed E-state index contributed by atoms with van der Waals surface area (Å²) in [6.07, 6.45) is 6.78. The molecule has 1 amide bonds. The second-order valence-electron chi connectivity index (χ2n) is 8.17. The number of nitrogens with zero attached hydrogens (tertiary/aromatic N) is 3. The normalized spacial score (nSPS) is 23.3. The van der Waals surface area contributed by atoms with Gasteiger partial charge in [0.05, 0.1) is 24.3 Å². The minimum atomic E-state index is -3.36. The number of fused-ring (bicyclic) bond motifs is 2. The molecular weight excluding hydrogens is 404 g/mol. The Morgan fingerprint density at radius 1 is 1.13 bits per heavy atom. The van der Waals surface area contributed by atoms with Crippen LogP contribution in [0.1, 0.15) is 48.7 Å². The number of ketones is 1. The number of amides is 1. The average Bonchev–Trinajstić information content (AvgIpc) is 3.04. The summed E-state index contributed by atoms with van der Waals surface area (Å²) in [5.74, 6) is -0.164. The topological polar surface area (TPSA) is 109 Å². The van der Waals surface area contributed by atoms with Gasteiger partial charge in [0.25, 0.3) is 0 Å². The van der Waals surface area contributed by atoms with Gasteiger partial charge in [-0.2, -0.15) is 0 Å². The Labute approximate surface area is 175 Å². The van der Waals surface area contributed by atoms with Crippen molar-refractivity contribution in [3.8, 4) is 0 Å². The van der Waals surface area contributed by atoms with Crippen molar-refractivity contribution < 1.29 is 18.0 Å². The standard InChI is InChI=1S/C21H24N4O4S/c1-14(26)17-11-23-19(12-22-17)24-20(27)15-7-9-21(10-8-15)13-25(30(2,28)29)18-6-4-3-5-16(18)21/h3-6,11-12,15H,7-10,13H2,1-2H3,(H,23,24,27). The van der Waals surface area contributed by atoms with Gasteiger partial charge in [0.2, 0.25) is 15.9 Å². The molecule has 1 aromatic heterocycles. The largest absolute Gasteiger partial charge is 0.309 e. The van der Waals surface area contributed by atoms with Crippen molar-refractivity contribution >= 4 is 33.2 Å². The van der Waals surface area contributed by atoms with Crippen molar-refractivity contribution in [1.29, 1.82) is 0 Å². The first-order chi connectivity index (χ1) is 14.2. The van der Waals surface area contributed by atoms with Gasteiger partial charge in [0, 0.05) is 24.8 Å². The lowest BCUT2D eigenvalue weighted by atomic mass is 9.67. The maximum absolute atomic E-state index is 12.7. The van der Waals surface area contributed by atoms with Crippen molar-refractivity contribution in [2.24, 2.45) is 5.92 Å². The third-order valence-electron chi connectivity index (χ3n) is 6.17. The Balaban J connectivity index is 1.46. The van der Waals surface area contributed by atoms with Gasteiger partial charge < -0.3 is 5.32 Å². The van der Waals surface area contributed by atoms with Crippen molar-refractivity contribution in [2.45, 2.75) is 38.0 Å². The van der Waals surface area contributed by atoms with Crippen molar-refractivity contribution in [2.75, 3.05) is 22.4 Å². The molecule has 2 aliphatic rings. The number of nitrogens with one attached hydrogen (secondary N) is 1. The van der Waals surface area contributed by atoms with Gasteiger partial charge in [-0.3, -0.25) is 13.9 Å². The summed E-state index contributed by atoms with van der Waals surface area (Å²) < 4.78 is 26.1. The maximum atomic E-state index is 12.7. The SMILES string of the molecule is CC(=O)c1cnc(NC(=O)C2CCC3(CC2)CN(S(C)(=O)=O)c2ccccc23)cn1. The molecule has 0 unspecified atom stereocenters. The van der Waals surface area contributed by atoms with Crippen LogP contribution in [0.25, 0.3) is 0 Å². The third-order valence-corrected chi connectivity index (χ3v) is 7.29. The smallest absolute Gasteiger partial charge is 0.232 e. The maximum Gasteiger partial charge on any atom is 0.232 e. The van der Waals surface area contributed by atoms with E-state index in [0.29, 0.717) is 25.2 Å². The van der Waals surface area contributed by atoms with Gasteiger partial charge in [-0.05, 0) is 37.3 Å². The number of anilines is 2. The summed E-state index contributed by atoms with van der Waals surface area (Å²) >= 11 is 0. The minimum Gasteiger partial charge on any atom is -0.309 e. The molecule has 9 heteroatoms. The van der Waals surface area contributed by atoms with E-state index >= 15 is 0 Å². The fraction of sp³-hybridized carbons (Fsp3) is 0.429. The Hall–Kier alpha value is -2.81. The van der Waals surface area contributed by atoms with Gasteiger partial charge >= 0.3 is 0 Å². The summed E-state index contributed by atoms with van der Waals surface area (Å²) in [4.78, 5) is 32.1. The molecule has 30 heavy (non-hydrogen) atoms. The number of sulfonamides is 1. The molecule has 4 rings (SSSR count). The minimum absolute atomic E-state index is 0.124. The van der Waals surface area contributed by atoms with Crippen LogP contribution >= 0.6 is 0 Å². The van der Waals surface area contributed by atoms with E-state index in [9.17, 15) is 18.0 Å². The van der Waals surface area contributed by atoms with Crippen LogP contribution in [-0.2, 0) is 20.2 Å². The second kappa shape index (κ2) is 7.46. The molecule has 0 atom stereocenters. The fourth-order valence-corrected chi connectivity index (χ4v) is 5.54. The number of hydrogen-bond acceptors (Lipinski definition) is 6. The molecule has 1 saturated carbocycles. The van der Waals surface area contributed by atoms with Gasteiger partial charge in [-0.15, -0.1) is 0 Å². The van der Waals surface area contributed by atoms with Crippen molar-refractivity contribution in [3.63, 3.8) is 0 Å². The molecule has 158 valence electrons. The van der Waals surface area contributed by atoms with E-state index in [0.717, 1.165) is 24.1 Å². The number of benzene rings is 1. The van der Waals surface area contributed by atoms with Crippen LogP contribution in [0.3, 0.4) is 0 Å². The zero-order chi connectivity index (χ0) is 21.5. The van der Waals surface area contributed by atoms with Crippen LogP contribution in [-0.4, -0.2) is 42.9 Å². The molecular formula is C21H24N4O4S. The van der Waals surface area contributed by atoms with E-state index in [4.69, 9.17) is 0 Å². The van der Waals surface area contributed by atoms with E-state index in [1.807, 2.05) is 24.3 Å². The number of rotatable bonds is 4. The van der Waals surface area contributed by atoms with Crippen LogP contribution in [0, 0.1) is 5.92 Å². The van der Waals surface area contributed by atoms with Crippen molar-refractivity contribution in [1.82, 2.24) is 9.97 Å². The highest BCUT2D eigenvalue weighted by Crippen LogP contribution is 2.50. The molecule has 8 nitrogen and oxygen atoms in total. The summed E-state index contributed by atoms with van der Waals surface area (Å²) in [6.45, 7) is 1.84. The Morgan fingerprint density at radius 2 is 1.83 bits per heavy atom. The number of aromatic nitrogens is 2. The molecule has 0 radical (unpaired) electrons. The Morgan fingerprint density at radius 3 is 2.43 bits per heavy atom. The molecule has 0 saturated heterocycles. The molecule has 1 aliphatic carbocycles. The van der Waals surface area contributed by atoms with E-state index in [-0.39, 0.29) is 28.7 Å². The van der Waals surface area contributed by atoms with E-state index in [1.165, 1.54) is 29.9 Å². The number of para-hydroxylation sites is 1. The lowest BCUT2D eigenvalue weighted by Gasteiger charge is -2.37. The van der Waals surface area contributed by atoms with Gasteiger partial charge in [0.15, 0.2) is 11.6 Å². The highest BCUT2D eigenvalue weighted by atomic mass is 32.2. The van der Waals surface area contributed by atoms with Crippen LogP contribution in [0.2, 0.25) is 0 Å². The van der Waals surface area contributed by atoms with Gasteiger partial charge in [-0.25, -0.2) is 18.4 Å². The van der Waals surface area contributed by atoms with E-state index in [2.05, 4.69) is 15.3 Å². The van der Waals surface area contributed by atoms with E-state index < -0.39 is 10.0 Å². The quantitative estimate of drug-likeness (QED) is 0.750. The molecule has 2 heterocycles. The monoisotopic (exact) mass is 428 g/mol. The number of hydrogen-bond donors (Lipinski definition) is 1. The summed E-state index contributed by atoms with van der Waals surface area (Å²) in [6, 6.07) is 7.66. The molecule has 1 aliphatic heterocycles. The molecule has 1 spiro atoms. The lowest BCUT2D eigenvalue weighted by Crippen LogP contribution is -2.40.